The first-order valence-electron chi connectivity index (χ1n) is 7.86. The molecule has 2 N–H and O–H groups in total. The minimum atomic E-state index is -0.524. The highest BCUT2D eigenvalue weighted by Crippen LogP contribution is 2.33. The summed E-state index contributed by atoms with van der Waals surface area (Å²) in [4.78, 5) is 32.3. The Kier molecular flexibility index (Phi) is 4.89. The predicted molar refractivity (Wildman–Crippen MR) is 96.4 cm³/mol. The van der Waals surface area contributed by atoms with E-state index in [1.54, 1.807) is 6.92 Å². The molecule has 0 saturated carbocycles. The minimum Gasteiger partial charge on any atom is -0.451 e. The zero-order chi connectivity index (χ0) is 18.0. The van der Waals surface area contributed by atoms with Gasteiger partial charge in [0.15, 0.2) is 5.58 Å². The second kappa shape index (κ2) is 7.10. The largest absolute Gasteiger partial charge is 0.451 e. The smallest absolute Gasteiger partial charge is 0.321 e. The van der Waals surface area contributed by atoms with Crippen LogP contribution in [0, 0.1) is 0 Å². The van der Waals surface area contributed by atoms with E-state index in [-0.39, 0.29) is 6.04 Å². The van der Waals surface area contributed by atoms with Gasteiger partial charge in [0, 0.05) is 11.4 Å². The molecule has 8 heteroatoms. The van der Waals surface area contributed by atoms with Crippen molar-refractivity contribution in [3.8, 4) is 0 Å². The summed E-state index contributed by atoms with van der Waals surface area (Å²) in [6.45, 7) is 5.35. The Bertz CT molecular complexity index is 938. The number of nitrogens with zero attached hydrogens (tertiary/aromatic N) is 2. The predicted octanol–water partition coefficient (Wildman–Crippen LogP) is 3.09. The topological polar surface area (TPSA) is 97.1 Å². The molecule has 0 bridgehead atoms. The number of hydrogen-bond acceptors (Lipinski definition) is 6. The molecule has 0 aliphatic heterocycles. The molecule has 0 fully saturated rings. The van der Waals surface area contributed by atoms with Gasteiger partial charge in [-0.15, -0.1) is 0 Å². The molecule has 25 heavy (non-hydrogen) atoms. The lowest BCUT2D eigenvalue weighted by Gasteiger charge is -2.12. The Balaban J connectivity index is 1.80. The summed E-state index contributed by atoms with van der Waals surface area (Å²) in [6.07, 6.45) is 1.45. The number of fused-ring (bicyclic) bond motifs is 3. The summed E-state index contributed by atoms with van der Waals surface area (Å²) in [5, 5.41) is 5.88. The highest BCUT2D eigenvalue weighted by molar-refractivity contribution is 8.00. The third kappa shape index (κ3) is 3.74. The molecule has 3 amide bonds. The van der Waals surface area contributed by atoms with Gasteiger partial charge < -0.3 is 9.73 Å². The monoisotopic (exact) mass is 358 g/mol. The molecule has 0 aliphatic carbocycles. The molecule has 2 aromatic heterocycles. The van der Waals surface area contributed by atoms with Gasteiger partial charge in [0.2, 0.25) is 5.91 Å². The van der Waals surface area contributed by atoms with Crippen LogP contribution in [0.1, 0.15) is 20.8 Å². The summed E-state index contributed by atoms with van der Waals surface area (Å²) < 4.78 is 5.84. The Morgan fingerprint density at radius 3 is 2.68 bits per heavy atom. The van der Waals surface area contributed by atoms with E-state index in [1.807, 2.05) is 38.1 Å². The molecule has 130 valence electrons. The van der Waals surface area contributed by atoms with Crippen LogP contribution in [0.3, 0.4) is 0 Å². The highest BCUT2D eigenvalue weighted by Gasteiger charge is 2.21. The van der Waals surface area contributed by atoms with E-state index in [0.717, 1.165) is 5.39 Å². The first kappa shape index (κ1) is 17.2. The van der Waals surface area contributed by atoms with Crippen molar-refractivity contribution in [3.05, 3.63) is 30.6 Å². The van der Waals surface area contributed by atoms with Gasteiger partial charge in [-0.1, -0.05) is 23.9 Å². The van der Waals surface area contributed by atoms with Gasteiger partial charge in [0.05, 0.1) is 5.25 Å². The van der Waals surface area contributed by atoms with Crippen LogP contribution in [0.15, 0.2) is 40.0 Å². The Morgan fingerprint density at radius 2 is 1.92 bits per heavy atom. The molecule has 0 radical (unpaired) electrons. The van der Waals surface area contributed by atoms with Crippen molar-refractivity contribution in [2.75, 3.05) is 0 Å². The lowest BCUT2D eigenvalue weighted by Crippen LogP contribution is -2.45. The maximum absolute atomic E-state index is 12.2. The number of thioether (sulfide) groups is 1. The molecule has 2 heterocycles. The summed E-state index contributed by atoms with van der Waals surface area (Å²) in [5.41, 5.74) is 1.96. The van der Waals surface area contributed by atoms with Crippen molar-refractivity contribution in [1.29, 1.82) is 0 Å². The van der Waals surface area contributed by atoms with Crippen LogP contribution in [-0.4, -0.2) is 33.2 Å². The first-order valence-corrected chi connectivity index (χ1v) is 8.74. The molecule has 3 rings (SSSR count). The normalized spacial score (nSPS) is 12.5. The Labute approximate surface area is 148 Å². The van der Waals surface area contributed by atoms with Crippen LogP contribution >= 0.6 is 11.8 Å². The van der Waals surface area contributed by atoms with Crippen molar-refractivity contribution in [2.24, 2.45) is 0 Å². The van der Waals surface area contributed by atoms with Crippen molar-refractivity contribution < 1.29 is 14.0 Å². The molecular weight excluding hydrogens is 340 g/mol. The Morgan fingerprint density at radius 1 is 1.16 bits per heavy atom. The zero-order valence-electron chi connectivity index (χ0n) is 14.1. The summed E-state index contributed by atoms with van der Waals surface area (Å²) in [7, 11) is 0. The van der Waals surface area contributed by atoms with E-state index in [0.29, 0.717) is 21.7 Å². The second-order valence-electron chi connectivity index (χ2n) is 5.83. The standard InChI is InChI=1S/C17H18N4O3S/c1-9(2)20-17(23)21-15(22)10(3)25-16-14-13(18-8-19-16)11-6-4-5-7-12(11)24-14/h4-10H,1-3H3,(H2,20,21,22,23)/t10-/m0/s1. The third-order valence-corrected chi connectivity index (χ3v) is 4.52. The fourth-order valence-electron chi connectivity index (χ4n) is 2.32. The maximum Gasteiger partial charge on any atom is 0.321 e. The van der Waals surface area contributed by atoms with Crippen molar-refractivity contribution in [3.63, 3.8) is 0 Å². The minimum absolute atomic E-state index is 0.0483. The van der Waals surface area contributed by atoms with E-state index in [2.05, 4.69) is 20.6 Å². The van der Waals surface area contributed by atoms with Crippen LogP contribution in [0.5, 0.6) is 0 Å². The van der Waals surface area contributed by atoms with Gasteiger partial charge in [0.25, 0.3) is 0 Å². The fourth-order valence-corrected chi connectivity index (χ4v) is 3.17. The highest BCUT2D eigenvalue weighted by atomic mass is 32.2. The van der Waals surface area contributed by atoms with Crippen LogP contribution < -0.4 is 10.6 Å². The molecule has 0 saturated heterocycles. The number of urea groups is 1. The summed E-state index contributed by atoms with van der Waals surface area (Å²) >= 11 is 1.22. The van der Waals surface area contributed by atoms with Crippen LogP contribution in [0.25, 0.3) is 22.1 Å². The summed E-state index contributed by atoms with van der Waals surface area (Å²) in [6, 6.07) is 7.02. The van der Waals surface area contributed by atoms with Crippen molar-refractivity contribution in [1.82, 2.24) is 20.6 Å². The molecule has 0 unspecified atom stereocenters. The average molecular weight is 358 g/mol. The lowest BCUT2D eigenvalue weighted by molar-refractivity contribution is -0.119. The maximum atomic E-state index is 12.2. The fraction of sp³-hybridized carbons (Fsp3) is 0.294. The molecule has 1 aromatic carbocycles. The van der Waals surface area contributed by atoms with Gasteiger partial charge in [-0.05, 0) is 32.9 Å². The van der Waals surface area contributed by atoms with Crippen LogP contribution in [-0.2, 0) is 4.79 Å². The van der Waals surface area contributed by atoms with E-state index < -0.39 is 17.2 Å². The number of aromatic nitrogens is 2. The van der Waals surface area contributed by atoms with Crippen molar-refractivity contribution in [2.45, 2.75) is 37.1 Å². The zero-order valence-corrected chi connectivity index (χ0v) is 14.9. The first-order chi connectivity index (χ1) is 12.0. The molecular formula is C17H18N4O3S. The molecule has 3 aromatic rings. The SMILES string of the molecule is CC(C)NC(=O)NC(=O)[C@H](C)Sc1ncnc2c1oc1ccccc12. The molecule has 1 atom stereocenters. The summed E-state index contributed by atoms with van der Waals surface area (Å²) in [5.74, 6) is -0.397. The molecule has 7 nitrogen and oxygen atoms in total. The average Bonchev–Trinajstić information content (AvgIpc) is 2.93. The number of para-hydroxylation sites is 1. The van der Waals surface area contributed by atoms with Gasteiger partial charge in [-0.3, -0.25) is 10.1 Å². The quantitative estimate of drug-likeness (QED) is 0.549. The van der Waals surface area contributed by atoms with Crippen molar-refractivity contribution >= 4 is 45.8 Å². The number of nitrogens with one attached hydrogen (secondary N) is 2. The number of rotatable bonds is 4. The van der Waals surface area contributed by atoms with Crippen LogP contribution in [0.4, 0.5) is 4.79 Å². The number of furan rings is 1. The Hall–Kier alpha value is -2.61. The van der Waals surface area contributed by atoms with Gasteiger partial charge in [0.1, 0.15) is 22.5 Å². The number of benzene rings is 1. The number of carbonyl (C=O) groups excluding carboxylic acids is 2. The second-order valence-corrected chi connectivity index (χ2v) is 7.16. The molecule has 0 aliphatic rings. The van der Waals surface area contributed by atoms with E-state index >= 15 is 0 Å². The van der Waals surface area contributed by atoms with Crippen LogP contribution in [0.2, 0.25) is 0 Å². The lowest BCUT2D eigenvalue weighted by atomic mass is 10.2. The van der Waals surface area contributed by atoms with Gasteiger partial charge in [-0.2, -0.15) is 0 Å². The van der Waals surface area contributed by atoms with E-state index in [4.69, 9.17) is 4.42 Å². The number of amides is 3. The number of imide groups is 1. The van der Waals surface area contributed by atoms with E-state index in [1.165, 1.54) is 18.1 Å². The molecule has 0 spiro atoms. The van der Waals surface area contributed by atoms with Gasteiger partial charge in [-0.25, -0.2) is 14.8 Å². The van der Waals surface area contributed by atoms with Gasteiger partial charge >= 0.3 is 6.03 Å². The number of carbonyl (C=O) groups is 2. The third-order valence-electron chi connectivity index (χ3n) is 3.44. The number of hydrogen-bond donors (Lipinski definition) is 2. The van der Waals surface area contributed by atoms with E-state index in [9.17, 15) is 9.59 Å².